The number of benzene rings is 2. The molecule has 0 bridgehead atoms. The molecule has 0 saturated heterocycles. The number of rotatable bonds is 7. The lowest BCUT2D eigenvalue weighted by atomic mass is 9.91. The van der Waals surface area contributed by atoms with Gasteiger partial charge in [0.1, 0.15) is 0 Å². The fraction of sp³-hybridized carbons (Fsp3) is 0.263. The van der Waals surface area contributed by atoms with Crippen molar-refractivity contribution in [1.29, 1.82) is 0 Å². The molecule has 5 heteroatoms. The van der Waals surface area contributed by atoms with Crippen LogP contribution >= 0.6 is 0 Å². The second-order valence-corrected chi connectivity index (χ2v) is 5.24. The topological polar surface area (TPSA) is 67.4 Å². The van der Waals surface area contributed by atoms with Crippen molar-refractivity contribution < 1.29 is 14.3 Å². The minimum Gasteiger partial charge on any atom is -0.381 e. The van der Waals surface area contributed by atoms with Gasteiger partial charge in [0.05, 0.1) is 18.9 Å². The van der Waals surface area contributed by atoms with Gasteiger partial charge in [0.2, 0.25) is 11.8 Å². The van der Waals surface area contributed by atoms with Crippen LogP contribution in [0.2, 0.25) is 0 Å². The Morgan fingerprint density at radius 3 is 1.96 bits per heavy atom. The van der Waals surface area contributed by atoms with Crippen molar-refractivity contribution in [2.75, 3.05) is 13.2 Å². The van der Waals surface area contributed by atoms with E-state index in [2.05, 4.69) is 10.9 Å². The number of amides is 2. The maximum Gasteiger partial charge on any atom is 0.250 e. The molecule has 2 N–H and O–H groups in total. The number of hydrogen-bond acceptors (Lipinski definition) is 3. The first-order valence-electron chi connectivity index (χ1n) is 7.98. The van der Waals surface area contributed by atoms with Crippen molar-refractivity contribution in [3.63, 3.8) is 0 Å². The second-order valence-electron chi connectivity index (χ2n) is 5.24. The van der Waals surface area contributed by atoms with Crippen molar-refractivity contribution in [1.82, 2.24) is 10.9 Å². The van der Waals surface area contributed by atoms with Crippen LogP contribution in [0.25, 0.3) is 0 Å². The number of hydrogen-bond donors (Lipinski definition) is 2. The molecule has 0 fully saturated rings. The molecule has 0 atom stereocenters. The van der Waals surface area contributed by atoms with Crippen LogP contribution in [0.3, 0.4) is 0 Å². The van der Waals surface area contributed by atoms with Crippen LogP contribution < -0.4 is 10.9 Å². The van der Waals surface area contributed by atoms with Crippen molar-refractivity contribution in [2.45, 2.75) is 19.3 Å². The molecule has 0 aliphatic carbocycles. The maximum atomic E-state index is 12.6. The summed E-state index contributed by atoms with van der Waals surface area (Å²) in [7, 11) is 0. The van der Waals surface area contributed by atoms with E-state index in [1.54, 1.807) is 0 Å². The molecule has 2 rings (SSSR count). The van der Waals surface area contributed by atoms with E-state index in [1.807, 2.05) is 67.6 Å². The van der Waals surface area contributed by atoms with E-state index < -0.39 is 5.92 Å². The van der Waals surface area contributed by atoms with Gasteiger partial charge in [-0.2, -0.15) is 0 Å². The maximum absolute atomic E-state index is 12.6. The summed E-state index contributed by atoms with van der Waals surface area (Å²) in [5, 5.41) is 0. The van der Waals surface area contributed by atoms with Gasteiger partial charge >= 0.3 is 0 Å². The Morgan fingerprint density at radius 2 is 1.46 bits per heavy atom. The number of carbonyl (C=O) groups is 2. The van der Waals surface area contributed by atoms with E-state index in [0.29, 0.717) is 13.2 Å². The Balaban J connectivity index is 2.05. The van der Waals surface area contributed by atoms with Crippen LogP contribution in [0.5, 0.6) is 0 Å². The highest BCUT2D eigenvalue weighted by molar-refractivity contribution is 5.89. The molecule has 0 unspecified atom stereocenters. The molecule has 0 heterocycles. The standard InChI is InChI=1S/C19H22N2O3/c1-2-24-14-13-17(22)20-21-19(23)18(15-9-5-3-6-10-15)16-11-7-4-8-12-16/h3-12,18H,2,13-14H2,1H3,(H,20,22)(H,21,23). The quantitative estimate of drug-likeness (QED) is 0.606. The molecule has 0 aliphatic heterocycles. The molecule has 126 valence electrons. The number of carbonyl (C=O) groups excluding carboxylic acids is 2. The van der Waals surface area contributed by atoms with Gasteiger partial charge in [-0.1, -0.05) is 60.7 Å². The van der Waals surface area contributed by atoms with Gasteiger partial charge in [-0.3, -0.25) is 20.4 Å². The Labute approximate surface area is 142 Å². The molecule has 24 heavy (non-hydrogen) atoms. The number of ether oxygens (including phenoxy) is 1. The average molecular weight is 326 g/mol. The second kappa shape index (κ2) is 9.47. The first-order chi connectivity index (χ1) is 11.7. The number of nitrogens with one attached hydrogen (secondary N) is 2. The zero-order valence-electron chi connectivity index (χ0n) is 13.7. The van der Waals surface area contributed by atoms with E-state index in [-0.39, 0.29) is 18.2 Å². The molecule has 0 aliphatic rings. The SMILES string of the molecule is CCOCCC(=O)NNC(=O)C(c1ccccc1)c1ccccc1. The van der Waals surface area contributed by atoms with Crippen molar-refractivity contribution in [3.8, 4) is 0 Å². The average Bonchev–Trinajstić information content (AvgIpc) is 2.62. The fourth-order valence-electron chi connectivity index (χ4n) is 2.36. The first kappa shape index (κ1) is 17.7. The fourth-order valence-corrected chi connectivity index (χ4v) is 2.36. The summed E-state index contributed by atoms with van der Waals surface area (Å²) in [5.41, 5.74) is 6.69. The molecule has 0 spiro atoms. The van der Waals surface area contributed by atoms with Gasteiger partial charge in [0.15, 0.2) is 0 Å². The monoisotopic (exact) mass is 326 g/mol. The molecule has 0 radical (unpaired) electrons. The lowest BCUT2D eigenvalue weighted by molar-refractivity contribution is -0.129. The van der Waals surface area contributed by atoms with Gasteiger partial charge in [-0.15, -0.1) is 0 Å². The first-order valence-corrected chi connectivity index (χ1v) is 7.98. The molecule has 0 aromatic heterocycles. The minimum atomic E-state index is -0.486. The summed E-state index contributed by atoms with van der Waals surface area (Å²) in [5.74, 6) is -1.05. The van der Waals surface area contributed by atoms with Gasteiger partial charge in [-0.25, -0.2) is 0 Å². The zero-order chi connectivity index (χ0) is 17.2. The van der Waals surface area contributed by atoms with Gasteiger partial charge in [0.25, 0.3) is 0 Å². The Morgan fingerprint density at radius 1 is 0.917 bits per heavy atom. The van der Waals surface area contributed by atoms with Crippen LogP contribution in [0.4, 0.5) is 0 Å². The van der Waals surface area contributed by atoms with Crippen LogP contribution in [-0.4, -0.2) is 25.0 Å². The molecule has 2 aromatic rings. The summed E-state index contributed by atoms with van der Waals surface area (Å²) >= 11 is 0. The molecule has 2 amide bonds. The minimum absolute atomic E-state index is 0.204. The summed E-state index contributed by atoms with van der Waals surface area (Å²) < 4.78 is 5.12. The third-order valence-corrected chi connectivity index (χ3v) is 3.53. The summed E-state index contributed by atoms with van der Waals surface area (Å²) in [6.07, 6.45) is 0.204. The summed E-state index contributed by atoms with van der Waals surface area (Å²) in [4.78, 5) is 24.3. The van der Waals surface area contributed by atoms with Crippen molar-refractivity contribution in [2.24, 2.45) is 0 Å². The van der Waals surface area contributed by atoms with Crippen molar-refractivity contribution >= 4 is 11.8 Å². The molecule has 5 nitrogen and oxygen atoms in total. The third-order valence-electron chi connectivity index (χ3n) is 3.53. The molecular formula is C19H22N2O3. The van der Waals surface area contributed by atoms with Gasteiger partial charge < -0.3 is 4.74 Å². The van der Waals surface area contributed by atoms with E-state index in [9.17, 15) is 9.59 Å². The van der Waals surface area contributed by atoms with Gasteiger partial charge in [0, 0.05) is 6.61 Å². The predicted molar refractivity (Wildman–Crippen MR) is 92.1 cm³/mol. The predicted octanol–water partition coefficient (Wildman–Crippen LogP) is 2.39. The summed E-state index contributed by atoms with van der Waals surface area (Å²) in [6, 6.07) is 18.9. The summed E-state index contributed by atoms with van der Waals surface area (Å²) in [6.45, 7) is 2.76. The normalized spacial score (nSPS) is 10.4. The Hall–Kier alpha value is -2.66. The van der Waals surface area contributed by atoms with E-state index in [1.165, 1.54) is 0 Å². The lowest BCUT2D eigenvalue weighted by Crippen LogP contribution is -2.44. The highest BCUT2D eigenvalue weighted by Gasteiger charge is 2.22. The Bertz CT molecular complexity index is 605. The zero-order valence-corrected chi connectivity index (χ0v) is 13.7. The Kier molecular flexibility index (Phi) is 6.98. The van der Waals surface area contributed by atoms with Crippen molar-refractivity contribution in [3.05, 3.63) is 71.8 Å². The third kappa shape index (κ3) is 5.21. The number of hydrazine groups is 1. The highest BCUT2D eigenvalue weighted by Crippen LogP contribution is 2.24. The van der Waals surface area contributed by atoms with E-state index in [4.69, 9.17) is 4.74 Å². The molecular weight excluding hydrogens is 304 g/mol. The van der Waals surface area contributed by atoms with E-state index in [0.717, 1.165) is 11.1 Å². The largest absolute Gasteiger partial charge is 0.381 e. The van der Waals surface area contributed by atoms with Crippen LogP contribution in [0.1, 0.15) is 30.4 Å². The van der Waals surface area contributed by atoms with Gasteiger partial charge in [-0.05, 0) is 18.1 Å². The van der Waals surface area contributed by atoms with Crippen LogP contribution in [0.15, 0.2) is 60.7 Å². The van der Waals surface area contributed by atoms with E-state index >= 15 is 0 Å². The molecule has 0 saturated carbocycles. The molecule has 2 aromatic carbocycles. The lowest BCUT2D eigenvalue weighted by Gasteiger charge is -2.18. The van der Waals surface area contributed by atoms with Crippen LogP contribution in [0, 0.1) is 0 Å². The van der Waals surface area contributed by atoms with Crippen LogP contribution in [-0.2, 0) is 14.3 Å². The highest BCUT2D eigenvalue weighted by atomic mass is 16.5. The smallest absolute Gasteiger partial charge is 0.250 e.